The first kappa shape index (κ1) is 26.2. The number of hydrogen-bond donors (Lipinski definition) is 3. The van der Waals surface area contributed by atoms with E-state index in [0.29, 0.717) is 6.42 Å². The largest absolute Gasteiger partial charge is 0.445 e. The number of benzene rings is 2. The molecule has 0 bridgehead atoms. The molecule has 7 heteroatoms. The highest BCUT2D eigenvalue weighted by molar-refractivity contribution is 5.69. The minimum absolute atomic E-state index is 0.140. The van der Waals surface area contributed by atoms with Crippen LogP contribution in [0.3, 0.4) is 0 Å². The molecule has 2 aromatic carbocycles. The molecule has 0 aliphatic rings. The number of aliphatic hydroxyl groups excluding tert-OH is 1. The van der Waals surface area contributed by atoms with Gasteiger partial charge in [-0.1, -0.05) is 60.7 Å². The van der Waals surface area contributed by atoms with Gasteiger partial charge in [-0.2, -0.15) is 0 Å². The summed E-state index contributed by atoms with van der Waals surface area (Å²) >= 11 is 0. The SMILES string of the molecule is CC(NC(=O)OCc1ccccc1)C(O)CC(C)(Cc1ccccc1)NC(=O)OC(C)(C)C. The van der Waals surface area contributed by atoms with Crippen molar-refractivity contribution in [3.05, 3.63) is 71.8 Å². The molecule has 180 valence electrons. The van der Waals surface area contributed by atoms with Crippen molar-refractivity contribution in [2.24, 2.45) is 0 Å². The van der Waals surface area contributed by atoms with E-state index in [1.807, 2.05) is 67.6 Å². The van der Waals surface area contributed by atoms with E-state index in [-0.39, 0.29) is 13.0 Å². The molecule has 2 amide bonds. The van der Waals surface area contributed by atoms with E-state index in [0.717, 1.165) is 11.1 Å². The molecule has 0 aliphatic carbocycles. The number of nitrogens with one attached hydrogen (secondary N) is 2. The van der Waals surface area contributed by atoms with Crippen molar-refractivity contribution in [1.82, 2.24) is 10.6 Å². The van der Waals surface area contributed by atoms with Crippen LogP contribution in [0.25, 0.3) is 0 Å². The molecule has 7 nitrogen and oxygen atoms in total. The number of aliphatic hydroxyl groups is 1. The van der Waals surface area contributed by atoms with E-state index in [2.05, 4.69) is 10.6 Å². The Hall–Kier alpha value is -3.06. The fraction of sp³-hybridized carbons (Fsp3) is 0.462. The molecule has 0 saturated carbocycles. The third-order valence-corrected chi connectivity index (χ3v) is 5.03. The summed E-state index contributed by atoms with van der Waals surface area (Å²) < 4.78 is 10.7. The minimum atomic E-state index is -0.932. The monoisotopic (exact) mass is 456 g/mol. The van der Waals surface area contributed by atoms with Crippen LogP contribution in [-0.4, -0.2) is 40.6 Å². The lowest BCUT2D eigenvalue weighted by molar-refractivity contribution is 0.0383. The van der Waals surface area contributed by atoms with Gasteiger partial charge in [0.2, 0.25) is 0 Å². The molecule has 0 aliphatic heterocycles. The quantitative estimate of drug-likeness (QED) is 0.513. The van der Waals surface area contributed by atoms with Crippen molar-refractivity contribution in [2.75, 3.05) is 0 Å². The van der Waals surface area contributed by atoms with Crippen molar-refractivity contribution in [1.29, 1.82) is 0 Å². The maximum absolute atomic E-state index is 12.5. The normalized spacial score (nSPS) is 15.0. The fourth-order valence-electron chi connectivity index (χ4n) is 3.45. The van der Waals surface area contributed by atoms with Gasteiger partial charge in [-0.15, -0.1) is 0 Å². The highest BCUT2D eigenvalue weighted by Gasteiger charge is 2.34. The average Bonchev–Trinajstić information content (AvgIpc) is 2.71. The van der Waals surface area contributed by atoms with E-state index in [1.165, 1.54) is 0 Å². The van der Waals surface area contributed by atoms with Gasteiger partial charge >= 0.3 is 12.2 Å². The molecule has 3 N–H and O–H groups in total. The smallest absolute Gasteiger partial charge is 0.408 e. The van der Waals surface area contributed by atoms with Gasteiger partial charge in [0, 0.05) is 5.54 Å². The van der Waals surface area contributed by atoms with E-state index < -0.39 is 35.5 Å². The number of carbonyl (C=O) groups excluding carboxylic acids is 2. The van der Waals surface area contributed by atoms with E-state index >= 15 is 0 Å². The van der Waals surface area contributed by atoms with Crippen molar-refractivity contribution >= 4 is 12.2 Å². The van der Waals surface area contributed by atoms with Crippen LogP contribution in [0.5, 0.6) is 0 Å². The number of hydrogen-bond acceptors (Lipinski definition) is 5. The third kappa shape index (κ3) is 9.95. The number of ether oxygens (including phenoxy) is 2. The number of rotatable bonds is 9. The predicted molar refractivity (Wildman–Crippen MR) is 128 cm³/mol. The number of amides is 2. The molecular weight excluding hydrogens is 420 g/mol. The van der Waals surface area contributed by atoms with Crippen LogP contribution < -0.4 is 10.6 Å². The maximum atomic E-state index is 12.5. The Morgan fingerprint density at radius 1 is 0.909 bits per heavy atom. The van der Waals surface area contributed by atoms with Crippen LogP contribution in [0.2, 0.25) is 0 Å². The van der Waals surface area contributed by atoms with Crippen molar-refractivity contribution < 1.29 is 24.2 Å². The topological polar surface area (TPSA) is 96.9 Å². The first-order chi connectivity index (χ1) is 15.5. The van der Waals surface area contributed by atoms with Gasteiger partial charge < -0.3 is 25.2 Å². The van der Waals surface area contributed by atoms with Crippen LogP contribution in [-0.2, 0) is 22.5 Å². The fourth-order valence-corrected chi connectivity index (χ4v) is 3.45. The Bertz CT molecular complexity index is 883. The van der Waals surface area contributed by atoms with Crippen molar-refractivity contribution in [2.45, 2.75) is 77.4 Å². The molecule has 0 spiro atoms. The van der Waals surface area contributed by atoms with Gasteiger partial charge in [-0.05, 0) is 58.6 Å². The van der Waals surface area contributed by atoms with Gasteiger partial charge in [0.1, 0.15) is 12.2 Å². The molecule has 0 aromatic heterocycles. The van der Waals surface area contributed by atoms with Gasteiger partial charge in [0.05, 0.1) is 12.1 Å². The minimum Gasteiger partial charge on any atom is -0.445 e. The lowest BCUT2D eigenvalue weighted by Crippen LogP contribution is -2.54. The second kappa shape index (κ2) is 11.7. The average molecular weight is 457 g/mol. The first-order valence-corrected chi connectivity index (χ1v) is 11.2. The van der Waals surface area contributed by atoms with Crippen molar-refractivity contribution in [3.8, 4) is 0 Å². The lowest BCUT2D eigenvalue weighted by atomic mass is 9.85. The van der Waals surface area contributed by atoms with Crippen LogP contribution in [0.1, 0.15) is 52.2 Å². The Kier molecular flexibility index (Phi) is 9.29. The molecule has 0 fully saturated rings. The first-order valence-electron chi connectivity index (χ1n) is 11.2. The summed E-state index contributed by atoms with van der Waals surface area (Å²) in [6.07, 6.45) is -1.43. The van der Waals surface area contributed by atoms with Crippen LogP contribution >= 0.6 is 0 Å². The van der Waals surface area contributed by atoms with E-state index in [4.69, 9.17) is 9.47 Å². The molecule has 0 saturated heterocycles. The molecular formula is C26H36N2O5. The number of alkyl carbamates (subject to hydrolysis) is 2. The number of carbonyl (C=O) groups is 2. The van der Waals surface area contributed by atoms with E-state index in [9.17, 15) is 14.7 Å². The Balaban J connectivity index is 2.00. The third-order valence-electron chi connectivity index (χ3n) is 5.03. The van der Waals surface area contributed by atoms with Gasteiger partial charge in [-0.3, -0.25) is 0 Å². The lowest BCUT2D eigenvalue weighted by Gasteiger charge is -2.35. The maximum Gasteiger partial charge on any atom is 0.408 e. The van der Waals surface area contributed by atoms with Crippen LogP contribution in [0.15, 0.2) is 60.7 Å². The molecule has 3 atom stereocenters. The summed E-state index contributed by atoms with van der Waals surface area (Å²) in [7, 11) is 0. The molecule has 2 rings (SSSR count). The molecule has 3 unspecified atom stereocenters. The zero-order valence-corrected chi connectivity index (χ0v) is 20.1. The molecule has 0 radical (unpaired) electrons. The summed E-state index contributed by atoms with van der Waals surface area (Å²) in [4.78, 5) is 24.7. The zero-order chi connectivity index (χ0) is 24.5. The standard InChI is InChI=1S/C26H36N2O5/c1-19(27-23(30)32-18-21-14-10-7-11-15-21)22(29)17-26(5,16-20-12-8-6-9-13-20)28-24(31)33-25(2,3)4/h6-15,19,22,29H,16-18H2,1-5H3,(H,27,30)(H,28,31). The molecule has 0 heterocycles. The van der Waals surface area contributed by atoms with Gasteiger partial charge in [0.15, 0.2) is 0 Å². The van der Waals surface area contributed by atoms with Gasteiger partial charge in [-0.25, -0.2) is 9.59 Å². The Labute approximate surface area is 196 Å². The summed E-state index contributed by atoms with van der Waals surface area (Å²) in [6.45, 7) is 9.08. The predicted octanol–water partition coefficient (Wildman–Crippen LogP) is 4.58. The second-order valence-corrected chi connectivity index (χ2v) is 9.62. The second-order valence-electron chi connectivity index (χ2n) is 9.62. The van der Waals surface area contributed by atoms with Gasteiger partial charge in [0.25, 0.3) is 0 Å². The molecule has 2 aromatic rings. The Morgan fingerprint density at radius 2 is 1.45 bits per heavy atom. The highest BCUT2D eigenvalue weighted by atomic mass is 16.6. The summed E-state index contributed by atoms with van der Waals surface area (Å²) in [5.74, 6) is 0. The Morgan fingerprint density at radius 3 is 2.00 bits per heavy atom. The summed E-state index contributed by atoms with van der Waals surface area (Å²) in [5.41, 5.74) is 0.421. The van der Waals surface area contributed by atoms with Crippen LogP contribution in [0, 0.1) is 0 Å². The van der Waals surface area contributed by atoms with E-state index in [1.54, 1.807) is 27.7 Å². The zero-order valence-electron chi connectivity index (χ0n) is 20.1. The highest BCUT2D eigenvalue weighted by Crippen LogP contribution is 2.22. The summed E-state index contributed by atoms with van der Waals surface area (Å²) in [6, 6.07) is 18.5. The molecule has 33 heavy (non-hydrogen) atoms. The van der Waals surface area contributed by atoms with Crippen LogP contribution in [0.4, 0.5) is 9.59 Å². The summed E-state index contributed by atoms with van der Waals surface area (Å²) in [5, 5.41) is 16.4. The van der Waals surface area contributed by atoms with Crippen molar-refractivity contribution in [3.63, 3.8) is 0 Å².